The molecule has 182 valence electrons. The van der Waals surface area contributed by atoms with Crippen molar-refractivity contribution in [2.45, 2.75) is 0 Å². The number of fused-ring (bicyclic) bond motifs is 1. The number of nitrogens with zero attached hydrogens (tertiary/aromatic N) is 2. The van der Waals surface area contributed by atoms with Crippen molar-refractivity contribution in [3.05, 3.63) is 115 Å². The molecule has 1 amide bonds. The van der Waals surface area contributed by atoms with E-state index in [0.717, 1.165) is 10.8 Å². The van der Waals surface area contributed by atoms with Gasteiger partial charge in [-0.2, -0.15) is 5.26 Å². The Balaban J connectivity index is 1.52. The Morgan fingerprint density at radius 2 is 1.73 bits per heavy atom. The van der Waals surface area contributed by atoms with Crippen molar-refractivity contribution in [2.75, 3.05) is 5.32 Å². The Bertz CT molecular complexity index is 1640. The zero-order chi connectivity index (χ0) is 26.5. The number of nitro groups is 1. The van der Waals surface area contributed by atoms with Crippen LogP contribution >= 0.6 is 31.9 Å². The molecule has 0 aliphatic heterocycles. The Kier molecular flexibility index (Phi) is 7.77. The second-order valence-corrected chi connectivity index (χ2v) is 9.36. The van der Waals surface area contributed by atoms with Gasteiger partial charge in [0.2, 0.25) is 0 Å². The van der Waals surface area contributed by atoms with Crippen LogP contribution in [0, 0.1) is 21.4 Å². The molecule has 37 heavy (non-hydrogen) atoms. The third-order valence-electron chi connectivity index (χ3n) is 5.26. The Morgan fingerprint density at radius 3 is 2.43 bits per heavy atom. The number of carbonyl (C=O) groups excluding carboxylic acids is 2. The standard InChI is InChI=1S/C27H15Br2N3O5/c28-22-14-19(32(35)36)9-10-24(22)31-26(33)18(15-30)12-16-8-11-25(23(29)13-16)37-27(34)21-7-3-5-17-4-1-2-6-20(17)21/h1-14H,(H,31,33). The van der Waals surface area contributed by atoms with Gasteiger partial charge in [0.15, 0.2) is 0 Å². The van der Waals surface area contributed by atoms with E-state index in [4.69, 9.17) is 4.74 Å². The molecule has 0 saturated heterocycles. The summed E-state index contributed by atoms with van der Waals surface area (Å²) in [5.74, 6) is -0.945. The number of anilines is 1. The van der Waals surface area contributed by atoms with Crippen LogP contribution in [0.3, 0.4) is 0 Å². The van der Waals surface area contributed by atoms with Gasteiger partial charge >= 0.3 is 5.97 Å². The quantitative estimate of drug-likeness (QED) is 0.0616. The average Bonchev–Trinajstić information content (AvgIpc) is 2.89. The van der Waals surface area contributed by atoms with Crippen molar-refractivity contribution >= 4 is 72.0 Å². The summed E-state index contributed by atoms with van der Waals surface area (Å²) in [7, 11) is 0. The van der Waals surface area contributed by atoms with E-state index in [1.807, 2.05) is 36.4 Å². The van der Waals surface area contributed by atoms with E-state index in [1.165, 1.54) is 24.3 Å². The van der Waals surface area contributed by atoms with E-state index in [-0.39, 0.29) is 22.7 Å². The maximum absolute atomic E-state index is 12.8. The molecule has 0 bridgehead atoms. The van der Waals surface area contributed by atoms with Gasteiger partial charge < -0.3 is 10.1 Å². The SMILES string of the molecule is N#CC(=Cc1ccc(OC(=O)c2cccc3ccccc23)c(Br)c1)C(=O)Nc1ccc([N+](=O)[O-])cc1Br. The number of nitro benzene ring substituents is 1. The molecule has 0 saturated carbocycles. The first kappa shape index (κ1) is 25.8. The molecule has 0 fully saturated rings. The second kappa shape index (κ2) is 11.2. The van der Waals surface area contributed by atoms with Gasteiger partial charge in [-0.3, -0.25) is 14.9 Å². The van der Waals surface area contributed by atoms with Crippen LogP contribution in [0.25, 0.3) is 16.8 Å². The van der Waals surface area contributed by atoms with Crippen LogP contribution in [-0.2, 0) is 4.79 Å². The van der Waals surface area contributed by atoms with Crippen LogP contribution < -0.4 is 10.1 Å². The molecular weight excluding hydrogens is 606 g/mol. The minimum atomic E-state index is -0.695. The number of halogens is 2. The third-order valence-corrected chi connectivity index (χ3v) is 6.53. The predicted octanol–water partition coefficient (Wildman–Crippen LogP) is 7.04. The lowest BCUT2D eigenvalue weighted by molar-refractivity contribution is -0.384. The van der Waals surface area contributed by atoms with E-state index >= 15 is 0 Å². The molecule has 0 radical (unpaired) electrons. The fourth-order valence-corrected chi connectivity index (χ4v) is 4.42. The number of rotatable bonds is 6. The molecule has 0 spiro atoms. The molecule has 0 aromatic heterocycles. The van der Waals surface area contributed by atoms with Crippen molar-refractivity contribution in [1.82, 2.24) is 0 Å². The highest BCUT2D eigenvalue weighted by molar-refractivity contribution is 9.11. The molecule has 0 aliphatic rings. The molecule has 0 atom stereocenters. The number of esters is 1. The molecule has 1 N–H and O–H groups in total. The number of non-ortho nitro benzene ring substituents is 1. The first-order valence-corrected chi connectivity index (χ1v) is 12.2. The topological polar surface area (TPSA) is 122 Å². The van der Waals surface area contributed by atoms with Crippen molar-refractivity contribution in [3.8, 4) is 11.8 Å². The number of ether oxygens (including phenoxy) is 1. The summed E-state index contributed by atoms with van der Waals surface area (Å²) in [6, 6.07) is 23.3. The van der Waals surface area contributed by atoms with Crippen molar-refractivity contribution < 1.29 is 19.2 Å². The number of amides is 1. The monoisotopic (exact) mass is 619 g/mol. The molecule has 10 heteroatoms. The van der Waals surface area contributed by atoms with E-state index < -0.39 is 16.8 Å². The molecule has 8 nitrogen and oxygen atoms in total. The van der Waals surface area contributed by atoms with Crippen LogP contribution in [0.4, 0.5) is 11.4 Å². The Morgan fingerprint density at radius 1 is 0.973 bits per heavy atom. The lowest BCUT2D eigenvalue weighted by Crippen LogP contribution is -2.14. The largest absolute Gasteiger partial charge is 0.422 e. The fraction of sp³-hybridized carbons (Fsp3) is 0. The first-order valence-electron chi connectivity index (χ1n) is 10.6. The summed E-state index contributed by atoms with van der Waals surface area (Å²) >= 11 is 6.56. The molecule has 0 unspecified atom stereocenters. The smallest absolute Gasteiger partial charge is 0.344 e. The number of benzene rings is 4. The van der Waals surface area contributed by atoms with Crippen LogP contribution in [-0.4, -0.2) is 16.8 Å². The van der Waals surface area contributed by atoms with Crippen molar-refractivity contribution in [2.24, 2.45) is 0 Å². The summed E-state index contributed by atoms with van der Waals surface area (Å²) in [6.45, 7) is 0. The average molecular weight is 621 g/mol. The van der Waals surface area contributed by atoms with Gasteiger partial charge in [-0.1, -0.05) is 42.5 Å². The maximum Gasteiger partial charge on any atom is 0.344 e. The van der Waals surface area contributed by atoms with Gasteiger partial charge in [-0.05, 0) is 78.5 Å². The third kappa shape index (κ3) is 5.91. The molecular formula is C27H15Br2N3O5. The van der Waals surface area contributed by atoms with E-state index in [9.17, 15) is 25.0 Å². The lowest BCUT2D eigenvalue weighted by atomic mass is 10.0. The number of hydrogen-bond acceptors (Lipinski definition) is 6. The fourth-order valence-electron chi connectivity index (χ4n) is 3.47. The minimum absolute atomic E-state index is 0.146. The zero-order valence-corrected chi connectivity index (χ0v) is 21.9. The summed E-state index contributed by atoms with van der Waals surface area (Å²) in [5, 5.41) is 24.7. The van der Waals surface area contributed by atoms with E-state index in [2.05, 4.69) is 37.2 Å². The Hall–Kier alpha value is -4.33. The molecule has 4 rings (SSSR count). The lowest BCUT2D eigenvalue weighted by Gasteiger charge is -2.10. The first-order chi connectivity index (χ1) is 17.8. The maximum atomic E-state index is 12.8. The zero-order valence-electron chi connectivity index (χ0n) is 18.8. The van der Waals surface area contributed by atoms with Crippen molar-refractivity contribution in [1.29, 1.82) is 5.26 Å². The number of carbonyl (C=O) groups is 2. The van der Waals surface area contributed by atoms with Crippen LogP contribution in [0.15, 0.2) is 93.4 Å². The van der Waals surface area contributed by atoms with Crippen molar-refractivity contribution in [3.63, 3.8) is 0 Å². The van der Waals surface area contributed by atoms with E-state index in [1.54, 1.807) is 30.3 Å². The highest BCUT2D eigenvalue weighted by atomic mass is 79.9. The van der Waals surface area contributed by atoms with Gasteiger partial charge in [0.05, 0.1) is 20.6 Å². The second-order valence-electron chi connectivity index (χ2n) is 7.65. The molecule has 0 heterocycles. The van der Waals surface area contributed by atoms with Gasteiger partial charge in [-0.15, -0.1) is 0 Å². The Labute approximate surface area is 227 Å². The summed E-state index contributed by atoms with van der Waals surface area (Å²) < 4.78 is 6.34. The van der Waals surface area contributed by atoms with Crippen LogP contribution in [0.2, 0.25) is 0 Å². The predicted molar refractivity (Wildman–Crippen MR) is 146 cm³/mol. The summed E-state index contributed by atoms with van der Waals surface area (Å²) in [6.07, 6.45) is 1.37. The number of hydrogen-bond donors (Lipinski definition) is 1. The number of nitrogens with one attached hydrogen (secondary N) is 1. The number of nitriles is 1. The highest BCUT2D eigenvalue weighted by Gasteiger charge is 2.16. The van der Waals surface area contributed by atoms with Crippen LogP contribution in [0.5, 0.6) is 5.75 Å². The molecule has 4 aromatic carbocycles. The highest BCUT2D eigenvalue weighted by Crippen LogP contribution is 2.30. The van der Waals surface area contributed by atoms with Crippen LogP contribution in [0.1, 0.15) is 15.9 Å². The van der Waals surface area contributed by atoms with Gasteiger partial charge in [0.1, 0.15) is 17.4 Å². The minimum Gasteiger partial charge on any atom is -0.422 e. The van der Waals surface area contributed by atoms with Gasteiger partial charge in [0, 0.05) is 16.6 Å². The molecule has 4 aromatic rings. The van der Waals surface area contributed by atoms with E-state index in [0.29, 0.717) is 20.1 Å². The molecule has 0 aliphatic carbocycles. The summed E-state index contributed by atoms with van der Waals surface area (Å²) in [4.78, 5) is 35.8. The van der Waals surface area contributed by atoms with Gasteiger partial charge in [-0.25, -0.2) is 4.79 Å². The normalized spacial score (nSPS) is 11.0. The summed E-state index contributed by atoms with van der Waals surface area (Å²) in [5.41, 5.74) is 0.861. The van der Waals surface area contributed by atoms with Gasteiger partial charge in [0.25, 0.3) is 11.6 Å².